The highest BCUT2D eigenvalue weighted by Gasteiger charge is 2.43. The molecule has 1 N–H and O–H groups in total. The Bertz CT molecular complexity index is 567. The average molecular weight is 292 g/mol. The number of halogens is 1. The van der Waals surface area contributed by atoms with Crippen molar-refractivity contribution < 1.29 is 14.0 Å². The Kier molecular flexibility index (Phi) is 4.30. The van der Waals surface area contributed by atoms with Gasteiger partial charge in [0.25, 0.3) is 0 Å². The first kappa shape index (κ1) is 15.5. The summed E-state index contributed by atoms with van der Waals surface area (Å²) < 4.78 is 13.2. The second-order valence-electron chi connectivity index (χ2n) is 5.57. The number of nitrogens with zero attached hydrogens (tertiary/aromatic N) is 1. The van der Waals surface area contributed by atoms with E-state index in [0.717, 1.165) is 11.1 Å². The first-order valence-electron chi connectivity index (χ1n) is 7.27. The van der Waals surface area contributed by atoms with Crippen LogP contribution in [0.2, 0.25) is 0 Å². The van der Waals surface area contributed by atoms with Gasteiger partial charge >= 0.3 is 0 Å². The van der Waals surface area contributed by atoms with E-state index in [0.29, 0.717) is 19.4 Å². The monoisotopic (exact) mass is 292 g/mol. The van der Waals surface area contributed by atoms with E-state index in [-0.39, 0.29) is 24.2 Å². The summed E-state index contributed by atoms with van der Waals surface area (Å²) in [7, 11) is 0. The first-order valence-corrected chi connectivity index (χ1v) is 7.27. The van der Waals surface area contributed by atoms with Gasteiger partial charge in [0.15, 0.2) is 0 Å². The van der Waals surface area contributed by atoms with Gasteiger partial charge < -0.3 is 10.2 Å². The smallest absolute Gasteiger partial charge is 0.249 e. The molecule has 0 radical (unpaired) electrons. The van der Waals surface area contributed by atoms with Crippen LogP contribution in [-0.2, 0) is 16.1 Å². The molecule has 1 aliphatic rings. The molecule has 1 aliphatic heterocycles. The predicted octanol–water partition coefficient (Wildman–Crippen LogP) is 2.15. The first-order chi connectivity index (χ1) is 9.91. The Morgan fingerprint density at radius 1 is 1.29 bits per heavy atom. The van der Waals surface area contributed by atoms with Gasteiger partial charge in [0, 0.05) is 6.54 Å². The number of rotatable bonds is 4. The molecule has 1 saturated heterocycles. The van der Waals surface area contributed by atoms with E-state index in [2.05, 4.69) is 5.32 Å². The number of carbonyl (C=O) groups excluding carboxylic acids is 2. The molecule has 0 bridgehead atoms. The minimum Gasteiger partial charge on any atom is -0.340 e. The summed E-state index contributed by atoms with van der Waals surface area (Å²) in [5.74, 6) is -0.496. The quantitative estimate of drug-likeness (QED) is 0.924. The van der Waals surface area contributed by atoms with Crippen molar-refractivity contribution in [2.45, 2.75) is 45.7 Å². The molecule has 1 heterocycles. The molecule has 0 atom stereocenters. The van der Waals surface area contributed by atoms with Crippen LogP contribution in [0.15, 0.2) is 18.2 Å². The lowest BCUT2D eigenvalue weighted by Gasteiger charge is -2.41. The highest BCUT2D eigenvalue weighted by molar-refractivity contribution is 5.97. The summed E-state index contributed by atoms with van der Waals surface area (Å²) in [4.78, 5) is 26.2. The van der Waals surface area contributed by atoms with Crippen molar-refractivity contribution in [3.63, 3.8) is 0 Å². The zero-order chi connectivity index (χ0) is 15.6. The second kappa shape index (κ2) is 5.84. The van der Waals surface area contributed by atoms with Crippen molar-refractivity contribution in [2.75, 3.05) is 6.54 Å². The fourth-order valence-electron chi connectivity index (χ4n) is 2.81. The van der Waals surface area contributed by atoms with Gasteiger partial charge in [-0.15, -0.1) is 0 Å². The molecule has 1 aromatic carbocycles. The van der Waals surface area contributed by atoms with Crippen LogP contribution in [-0.4, -0.2) is 28.8 Å². The van der Waals surface area contributed by atoms with Crippen LogP contribution in [0.5, 0.6) is 0 Å². The van der Waals surface area contributed by atoms with Crippen molar-refractivity contribution in [3.8, 4) is 0 Å². The highest BCUT2D eigenvalue weighted by Crippen LogP contribution is 2.24. The van der Waals surface area contributed by atoms with E-state index >= 15 is 0 Å². The van der Waals surface area contributed by atoms with Gasteiger partial charge in [-0.3, -0.25) is 9.59 Å². The standard InChI is InChI=1S/C16H21FN2O2/c1-4-16(5-2)15(21)19(10-14(20)18-16)9-12-6-7-13(17)8-11(12)3/h6-8H,4-5,9-10H2,1-3H3,(H,18,20). The normalized spacial score (nSPS) is 17.8. The predicted molar refractivity (Wildman–Crippen MR) is 78.0 cm³/mol. The van der Waals surface area contributed by atoms with Gasteiger partial charge in [-0.2, -0.15) is 0 Å². The number of amides is 2. The summed E-state index contributed by atoms with van der Waals surface area (Å²) in [5, 5.41) is 2.83. The van der Waals surface area contributed by atoms with Gasteiger partial charge in [0.1, 0.15) is 11.4 Å². The van der Waals surface area contributed by atoms with Crippen molar-refractivity contribution in [1.82, 2.24) is 10.2 Å². The number of piperazine rings is 1. The van der Waals surface area contributed by atoms with Gasteiger partial charge in [-0.05, 0) is 43.0 Å². The Hall–Kier alpha value is -1.91. The maximum absolute atomic E-state index is 13.2. The fraction of sp³-hybridized carbons (Fsp3) is 0.500. The minimum atomic E-state index is -0.802. The molecule has 21 heavy (non-hydrogen) atoms. The largest absolute Gasteiger partial charge is 0.340 e. The number of aryl methyl sites for hydroxylation is 1. The SMILES string of the molecule is CCC1(CC)NC(=O)CN(Cc2ccc(F)cc2C)C1=O. The molecule has 0 aromatic heterocycles. The van der Waals surface area contributed by atoms with Crippen LogP contribution in [0.4, 0.5) is 4.39 Å². The maximum Gasteiger partial charge on any atom is 0.249 e. The Morgan fingerprint density at radius 2 is 1.95 bits per heavy atom. The molecule has 1 aromatic rings. The van der Waals surface area contributed by atoms with Crippen molar-refractivity contribution in [1.29, 1.82) is 0 Å². The lowest BCUT2D eigenvalue weighted by atomic mass is 9.88. The second-order valence-corrected chi connectivity index (χ2v) is 5.57. The summed E-state index contributed by atoms with van der Waals surface area (Å²) in [6, 6.07) is 4.49. The minimum absolute atomic E-state index is 0.0530. The van der Waals surface area contributed by atoms with E-state index in [1.165, 1.54) is 12.1 Å². The van der Waals surface area contributed by atoms with Crippen LogP contribution < -0.4 is 5.32 Å². The third-order valence-electron chi connectivity index (χ3n) is 4.28. The molecule has 0 saturated carbocycles. The zero-order valence-corrected chi connectivity index (χ0v) is 12.7. The number of nitrogens with one attached hydrogen (secondary N) is 1. The van der Waals surface area contributed by atoms with Gasteiger partial charge in [0.2, 0.25) is 11.8 Å². The van der Waals surface area contributed by atoms with E-state index in [1.807, 2.05) is 13.8 Å². The Balaban J connectivity index is 2.26. The van der Waals surface area contributed by atoms with Gasteiger partial charge in [-0.25, -0.2) is 4.39 Å². The molecule has 0 unspecified atom stereocenters. The molecule has 0 spiro atoms. The summed E-state index contributed by atoms with van der Waals surface area (Å²) >= 11 is 0. The molecule has 4 nitrogen and oxygen atoms in total. The van der Waals surface area contributed by atoms with Crippen LogP contribution >= 0.6 is 0 Å². The number of benzene rings is 1. The van der Waals surface area contributed by atoms with Gasteiger partial charge in [0.05, 0.1) is 6.54 Å². The Morgan fingerprint density at radius 3 is 2.52 bits per heavy atom. The maximum atomic E-state index is 13.2. The highest BCUT2D eigenvalue weighted by atomic mass is 19.1. The average Bonchev–Trinajstić information content (AvgIpc) is 2.45. The summed E-state index contributed by atoms with van der Waals surface area (Å²) in [6.45, 7) is 5.99. The third kappa shape index (κ3) is 2.91. The van der Waals surface area contributed by atoms with Crippen LogP contribution in [0.1, 0.15) is 37.8 Å². The zero-order valence-electron chi connectivity index (χ0n) is 12.7. The molecule has 2 amide bonds. The van der Waals surface area contributed by atoms with E-state index < -0.39 is 5.54 Å². The molecule has 1 fully saturated rings. The molecule has 0 aliphatic carbocycles. The molecular formula is C16H21FN2O2. The molecular weight excluding hydrogens is 271 g/mol. The van der Waals surface area contributed by atoms with Crippen molar-refractivity contribution in [3.05, 3.63) is 35.1 Å². The van der Waals surface area contributed by atoms with Crippen LogP contribution in [0.3, 0.4) is 0 Å². The van der Waals surface area contributed by atoms with E-state index in [1.54, 1.807) is 17.9 Å². The lowest BCUT2D eigenvalue weighted by molar-refractivity contribution is -0.151. The van der Waals surface area contributed by atoms with E-state index in [9.17, 15) is 14.0 Å². The molecule has 2 rings (SSSR count). The number of hydrogen-bond donors (Lipinski definition) is 1. The van der Waals surface area contributed by atoms with Crippen LogP contribution in [0, 0.1) is 12.7 Å². The Labute approximate surface area is 124 Å². The fourth-order valence-corrected chi connectivity index (χ4v) is 2.81. The number of carbonyl (C=O) groups is 2. The third-order valence-corrected chi connectivity index (χ3v) is 4.28. The van der Waals surface area contributed by atoms with Crippen molar-refractivity contribution >= 4 is 11.8 Å². The van der Waals surface area contributed by atoms with Crippen LogP contribution in [0.25, 0.3) is 0 Å². The summed E-state index contributed by atoms with van der Waals surface area (Å²) in [5.41, 5.74) is 0.844. The molecule has 114 valence electrons. The number of hydrogen-bond acceptors (Lipinski definition) is 2. The lowest BCUT2D eigenvalue weighted by Crippen LogP contribution is -2.65. The van der Waals surface area contributed by atoms with Crippen molar-refractivity contribution in [2.24, 2.45) is 0 Å². The van der Waals surface area contributed by atoms with Gasteiger partial charge in [-0.1, -0.05) is 19.9 Å². The summed E-state index contributed by atoms with van der Waals surface area (Å²) in [6.07, 6.45) is 1.12. The topological polar surface area (TPSA) is 49.4 Å². The van der Waals surface area contributed by atoms with E-state index in [4.69, 9.17) is 0 Å². The molecule has 5 heteroatoms.